The highest BCUT2D eigenvalue weighted by atomic mass is 32.2. The molecular formula is C14H15N5OS2. The van der Waals surface area contributed by atoms with Crippen LogP contribution in [0.4, 0.5) is 0 Å². The fourth-order valence-corrected chi connectivity index (χ4v) is 3.65. The zero-order valence-electron chi connectivity index (χ0n) is 12.3. The van der Waals surface area contributed by atoms with Crippen LogP contribution in [0.3, 0.4) is 0 Å². The fraction of sp³-hybridized carbons (Fsp3) is 0.286. The van der Waals surface area contributed by atoms with Gasteiger partial charge in [0.05, 0.1) is 12.8 Å². The summed E-state index contributed by atoms with van der Waals surface area (Å²) in [6.45, 7) is 2.78. The smallest absolute Gasteiger partial charge is 0.209 e. The van der Waals surface area contributed by atoms with E-state index in [0.717, 1.165) is 39.5 Å². The van der Waals surface area contributed by atoms with E-state index in [4.69, 9.17) is 4.74 Å². The van der Waals surface area contributed by atoms with Crippen molar-refractivity contribution in [2.75, 3.05) is 7.11 Å². The van der Waals surface area contributed by atoms with Gasteiger partial charge >= 0.3 is 0 Å². The number of nitrogens with zero attached hydrogens (tertiary/aromatic N) is 5. The summed E-state index contributed by atoms with van der Waals surface area (Å²) in [5.74, 6) is 1.59. The highest BCUT2D eigenvalue weighted by molar-refractivity contribution is 7.98. The lowest BCUT2D eigenvalue weighted by Crippen LogP contribution is -1.98. The Kier molecular flexibility index (Phi) is 4.69. The molecular weight excluding hydrogens is 318 g/mol. The van der Waals surface area contributed by atoms with E-state index in [-0.39, 0.29) is 0 Å². The Morgan fingerprint density at radius 2 is 2.27 bits per heavy atom. The van der Waals surface area contributed by atoms with Crippen LogP contribution in [0.15, 0.2) is 34.8 Å². The van der Waals surface area contributed by atoms with Crippen molar-refractivity contribution < 1.29 is 4.74 Å². The van der Waals surface area contributed by atoms with E-state index in [1.807, 2.05) is 31.2 Å². The van der Waals surface area contributed by atoms with Crippen LogP contribution in [0.1, 0.15) is 12.6 Å². The van der Waals surface area contributed by atoms with Gasteiger partial charge in [-0.05, 0) is 29.5 Å². The fourth-order valence-electron chi connectivity index (χ4n) is 1.90. The molecule has 0 saturated carbocycles. The minimum atomic E-state index is 0.751. The number of tetrazole rings is 1. The first kappa shape index (κ1) is 15.0. The number of benzene rings is 1. The van der Waals surface area contributed by atoms with Gasteiger partial charge in [0.1, 0.15) is 10.8 Å². The number of thiazole rings is 1. The minimum absolute atomic E-state index is 0.751. The predicted octanol–water partition coefficient (Wildman–Crippen LogP) is 3.12. The van der Waals surface area contributed by atoms with Gasteiger partial charge < -0.3 is 4.74 Å². The van der Waals surface area contributed by atoms with E-state index < -0.39 is 0 Å². The molecule has 3 aromatic rings. The molecule has 22 heavy (non-hydrogen) atoms. The summed E-state index contributed by atoms with van der Waals surface area (Å²) in [5.41, 5.74) is 2.09. The Labute approximate surface area is 136 Å². The second-order valence-electron chi connectivity index (χ2n) is 4.44. The summed E-state index contributed by atoms with van der Waals surface area (Å²) < 4.78 is 7.03. The van der Waals surface area contributed by atoms with E-state index in [0.29, 0.717) is 0 Å². The molecule has 0 fully saturated rings. The normalized spacial score (nSPS) is 10.8. The van der Waals surface area contributed by atoms with Crippen LogP contribution in [0.25, 0.3) is 10.6 Å². The maximum Gasteiger partial charge on any atom is 0.209 e. The molecule has 8 heteroatoms. The van der Waals surface area contributed by atoms with Crippen molar-refractivity contribution in [2.45, 2.75) is 24.4 Å². The molecule has 0 aliphatic heterocycles. The van der Waals surface area contributed by atoms with Crippen molar-refractivity contribution >= 4 is 23.1 Å². The molecule has 0 aliphatic rings. The van der Waals surface area contributed by atoms with Crippen molar-refractivity contribution in [3.63, 3.8) is 0 Å². The van der Waals surface area contributed by atoms with Crippen molar-refractivity contribution in [1.82, 2.24) is 25.2 Å². The number of aromatic nitrogens is 5. The minimum Gasteiger partial charge on any atom is -0.497 e. The molecule has 0 saturated heterocycles. The van der Waals surface area contributed by atoms with Crippen molar-refractivity contribution in [2.24, 2.45) is 0 Å². The van der Waals surface area contributed by atoms with E-state index in [9.17, 15) is 0 Å². The van der Waals surface area contributed by atoms with E-state index in [2.05, 4.69) is 25.9 Å². The van der Waals surface area contributed by atoms with Crippen molar-refractivity contribution in [3.8, 4) is 16.3 Å². The quantitative estimate of drug-likeness (QED) is 0.646. The largest absolute Gasteiger partial charge is 0.497 e. The molecule has 0 bridgehead atoms. The van der Waals surface area contributed by atoms with Gasteiger partial charge in [0.2, 0.25) is 5.16 Å². The number of methoxy groups -OCH3 is 1. The van der Waals surface area contributed by atoms with Crippen LogP contribution in [0.5, 0.6) is 5.75 Å². The zero-order valence-corrected chi connectivity index (χ0v) is 13.9. The van der Waals surface area contributed by atoms with Gasteiger partial charge in [-0.2, -0.15) is 0 Å². The Bertz CT molecular complexity index is 755. The van der Waals surface area contributed by atoms with E-state index in [1.54, 1.807) is 34.9 Å². The van der Waals surface area contributed by atoms with Gasteiger partial charge in [-0.25, -0.2) is 9.67 Å². The molecule has 3 rings (SSSR count). The van der Waals surface area contributed by atoms with Crippen LogP contribution < -0.4 is 4.74 Å². The van der Waals surface area contributed by atoms with Crippen LogP contribution in [0.2, 0.25) is 0 Å². The molecule has 0 spiro atoms. The number of rotatable bonds is 6. The molecule has 1 aromatic carbocycles. The molecule has 0 atom stereocenters. The van der Waals surface area contributed by atoms with Gasteiger partial charge in [0.15, 0.2) is 0 Å². The van der Waals surface area contributed by atoms with Gasteiger partial charge in [0.25, 0.3) is 0 Å². The summed E-state index contributed by atoms with van der Waals surface area (Å²) in [7, 11) is 1.67. The number of hydrogen-bond acceptors (Lipinski definition) is 7. The summed E-state index contributed by atoms with van der Waals surface area (Å²) >= 11 is 3.22. The third-order valence-electron chi connectivity index (χ3n) is 3.02. The second-order valence-corrected chi connectivity index (χ2v) is 6.24. The summed E-state index contributed by atoms with van der Waals surface area (Å²) in [6.07, 6.45) is 0. The van der Waals surface area contributed by atoms with Crippen LogP contribution >= 0.6 is 23.1 Å². The Hall–Kier alpha value is -1.93. The molecule has 0 aliphatic carbocycles. The third-order valence-corrected chi connectivity index (χ3v) is 4.95. The lowest BCUT2D eigenvalue weighted by Gasteiger charge is -2.01. The lowest BCUT2D eigenvalue weighted by molar-refractivity contribution is 0.415. The first-order valence-corrected chi connectivity index (χ1v) is 8.64. The number of thioether (sulfide) groups is 1. The maximum atomic E-state index is 5.25. The highest BCUT2D eigenvalue weighted by Crippen LogP contribution is 2.29. The number of hydrogen-bond donors (Lipinski definition) is 0. The molecule has 2 heterocycles. The van der Waals surface area contributed by atoms with E-state index >= 15 is 0 Å². The highest BCUT2D eigenvalue weighted by Gasteiger charge is 2.09. The van der Waals surface area contributed by atoms with Gasteiger partial charge in [-0.1, -0.05) is 23.9 Å². The Balaban J connectivity index is 1.71. The van der Waals surface area contributed by atoms with Gasteiger partial charge in [-0.3, -0.25) is 0 Å². The van der Waals surface area contributed by atoms with Crippen LogP contribution in [-0.2, 0) is 12.3 Å². The molecule has 6 nitrogen and oxygen atoms in total. The van der Waals surface area contributed by atoms with Crippen molar-refractivity contribution in [3.05, 3.63) is 35.3 Å². The Morgan fingerprint density at radius 3 is 3.09 bits per heavy atom. The second kappa shape index (κ2) is 6.89. The summed E-state index contributed by atoms with van der Waals surface area (Å²) in [5, 5.41) is 15.5. The van der Waals surface area contributed by atoms with Gasteiger partial charge in [-0.15, -0.1) is 16.4 Å². The lowest BCUT2D eigenvalue weighted by atomic mass is 10.2. The summed E-state index contributed by atoms with van der Waals surface area (Å²) in [4.78, 5) is 4.68. The molecule has 2 aromatic heterocycles. The SMILES string of the molecule is CCn1nnnc1SCc1csc(-c2cccc(OC)c2)n1. The average Bonchev–Trinajstić information content (AvgIpc) is 3.21. The number of ether oxygens (including phenoxy) is 1. The standard InChI is InChI=1S/C14H15N5OS2/c1-3-19-14(16-17-18-19)22-9-11-8-21-13(15-11)10-5-4-6-12(7-10)20-2/h4-8H,3,9H2,1-2H3. The van der Waals surface area contributed by atoms with E-state index in [1.165, 1.54) is 0 Å². The number of aryl methyl sites for hydroxylation is 1. The molecule has 114 valence electrons. The molecule has 0 unspecified atom stereocenters. The molecule has 0 amide bonds. The van der Waals surface area contributed by atoms with Crippen LogP contribution in [0, 0.1) is 0 Å². The average molecular weight is 333 g/mol. The third kappa shape index (κ3) is 3.28. The first-order valence-electron chi connectivity index (χ1n) is 6.78. The predicted molar refractivity (Wildman–Crippen MR) is 87.2 cm³/mol. The summed E-state index contributed by atoms with van der Waals surface area (Å²) in [6, 6.07) is 7.93. The Morgan fingerprint density at radius 1 is 1.36 bits per heavy atom. The molecule has 0 N–H and O–H groups in total. The van der Waals surface area contributed by atoms with Crippen LogP contribution in [-0.4, -0.2) is 32.3 Å². The first-order chi connectivity index (χ1) is 10.8. The molecule has 0 radical (unpaired) electrons. The topological polar surface area (TPSA) is 65.7 Å². The van der Waals surface area contributed by atoms with Gasteiger partial charge in [0, 0.05) is 23.2 Å². The zero-order chi connectivity index (χ0) is 15.4. The monoisotopic (exact) mass is 333 g/mol. The van der Waals surface area contributed by atoms with Crippen molar-refractivity contribution in [1.29, 1.82) is 0 Å². The maximum absolute atomic E-state index is 5.25.